The number of urea groups is 1. The van der Waals surface area contributed by atoms with Gasteiger partial charge in [0.2, 0.25) is 0 Å². The van der Waals surface area contributed by atoms with Gasteiger partial charge in [0.05, 0.1) is 24.9 Å². The molecule has 2 amide bonds. The number of hydrogen-bond acceptors (Lipinski definition) is 3. The van der Waals surface area contributed by atoms with Crippen molar-refractivity contribution in [2.75, 3.05) is 18.4 Å². The average Bonchev–Trinajstić information content (AvgIpc) is 3.12. The molecule has 3 saturated heterocycles. The maximum absolute atomic E-state index is 12.8. The molecule has 0 aromatic heterocycles. The van der Waals surface area contributed by atoms with E-state index in [1.165, 1.54) is 0 Å². The SMILES string of the molecule is O=CC1[C@H]2C[N+]1(C(=O)Nc1ccccc1)C[C@@H]2c1ccccc1O. The lowest BCUT2D eigenvalue weighted by molar-refractivity contribution is -0.888. The van der Waals surface area contributed by atoms with Crippen LogP contribution >= 0.6 is 0 Å². The fraction of sp³-hybridized carbons (Fsp3) is 0.263. The fourth-order valence-corrected chi connectivity index (χ4v) is 4.29. The zero-order chi connectivity index (χ0) is 16.7. The molecule has 3 aliphatic heterocycles. The van der Waals surface area contributed by atoms with Crippen LogP contribution in [0.15, 0.2) is 54.6 Å². The Hall–Kier alpha value is -2.66. The minimum atomic E-state index is -0.335. The first kappa shape index (κ1) is 14.9. The van der Waals surface area contributed by atoms with E-state index in [1.54, 1.807) is 12.1 Å². The molecule has 0 saturated carbocycles. The van der Waals surface area contributed by atoms with Crippen LogP contribution in [-0.4, -0.2) is 41.0 Å². The molecule has 0 radical (unpaired) electrons. The molecule has 5 heteroatoms. The van der Waals surface area contributed by atoms with E-state index >= 15 is 0 Å². The highest BCUT2D eigenvalue weighted by Gasteiger charge is 2.69. The van der Waals surface area contributed by atoms with Gasteiger partial charge in [-0.1, -0.05) is 36.4 Å². The van der Waals surface area contributed by atoms with Crippen molar-refractivity contribution in [2.45, 2.75) is 12.0 Å². The van der Waals surface area contributed by atoms with Crippen LogP contribution in [0.4, 0.5) is 10.5 Å². The lowest BCUT2D eigenvalue weighted by Crippen LogP contribution is -2.68. The zero-order valence-electron chi connectivity index (χ0n) is 13.1. The Kier molecular flexibility index (Phi) is 3.39. The van der Waals surface area contributed by atoms with E-state index in [0.717, 1.165) is 17.5 Å². The lowest BCUT2D eigenvalue weighted by Gasteiger charge is -2.43. The highest BCUT2D eigenvalue weighted by molar-refractivity contribution is 5.86. The number of carbonyl (C=O) groups is 2. The van der Waals surface area contributed by atoms with E-state index in [0.29, 0.717) is 13.1 Å². The van der Waals surface area contributed by atoms with Gasteiger partial charge in [-0.05, 0) is 18.2 Å². The molecule has 0 spiro atoms. The van der Waals surface area contributed by atoms with Crippen LogP contribution in [0, 0.1) is 5.92 Å². The van der Waals surface area contributed by atoms with Gasteiger partial charge < -0.3 is 5.11 Å². The molecule has 24 heavy (non-hydrogen) atoms. The number of para-hydroxylation sites is 2. The summed E-state index contributed by atoms with van der Waals surface area (Å²) >= 11 is 0. The summed E-state index contributed by atoms with van der Waals surface area (Å²) < 4.78 is 0.127. The standard InChI is InChI=1S/C19H18N2O3/c22-12-17-16-11-21(17,19(24)20-13-6-2-1-3-7-13)10-15(16)14-8-4-5-9-18(14)23/h1-9,12,15-17H,10-11H2,(H-,20,23,24)/p+1/t15-,16+,17?,21?/m1/s1. The van der Waals surface area contributed by atoms with Crippen molar-refractivity contribution in [1.82, 2.24) is 0 Å². The van der Waals surface area contributed by atoms with Gasteiger partial charge in [0.25, 0.3) is 0 Å². The Morgan fingerprint density at radius 1 is 1.08 bits per heavy atom. The van der Waals surface area contributed by atoms with Crippen LogP contribution in [0.3, 0.4) is 0 Å². The monoisotopic (exact) mass is 323 g/mol. The molecule has 3 fully saturated rings. The van der Waals surface area contributed by atoms with Gasteiger partial charge in [0.15, 0.2) is 12.3 Å². The molecule has 3 heterocycles. The normalized spacial score (nSPS) is 30.4. The van der Waals surface area contributed by atoms with Crippen molar-refractivity contribution in [2.24, 2.45) is 5.92 Å². The van der Waals surface area contributed by atoms with Crippen LogP contribution in [-0.2, 0) is 4.79 Å². The highest BCUT2D eigenvalue weighted by Crippen LogP contribution is 2.53. The van der Waals surface area contributed by atoms with Gasteiger partial charge >= 0.3 is 6.03 Å². The summed E-state index contributed by atoms with van der Waals surface area (Å²) in [7, 11) is 0. The summed E-state index contributed by atoms with van der Waals surface area (Å²) in [6.07, 6.45) is 0.902. The molecular formula is C19H19N2O3+. The summed E-state index contributed by atoms with van der Waals surface area (Å²) in [6, 6.07) is 16.0. The Labute approximate surface area is 140 Å². The number of carbonyl (C=O) groups excluding carboxylic acids is 2. The Morgan fingerprint density at radius 2 is 1.79 bits per heavy atom. The molecule has 4 atom stereocenters. The van der Waals surface area contributed by atoms with Gasteiger partial charge in [-0.2, -0.15) is 0 Å². The third kappa shape index (κ3) is 2.05. The molecule has 5 nitrogen and oxygen atoms in total. The van der Waals surface area contributed by atoms with Crippen LogP contribution < -0.4 is 5.32 Å². The Morgan fingerprint density at radius 3 is 2.50 bits per heavy atom. The van der Waals surface area contributed by atoms with Crippen molar-refractivity contribution in [3.63, 3.8) is 0 Å². The van der Waals surface area contributed by atoms with E-state index in [4.69, 9.17) is 0 Å². The summed E-state index contributed by atoms with van der Waals surface area (Å²) in [4.78, 5) is 24.5. The second kappa shape index (κ2) is 5.46. The van der Waals surface area contributed by atoms with Crippen molar-refractivity contribution in [3.8, 4) is 5.75 Å². The number of rotatable bonds is 3. The zero-order valence-corrected chi connectivity index (χ0v) is 13.1. The summed E-state index contributed by atoms with van der Waals surface area (Å²) in [5.41, 5.74) is 1.56. The highest BCUT2D eigenvalue weighted by atomic mass is 16.3. The van der Waals surface area contributed by atoms with Crippen LogP contribution in [0.5, 0.6) is 5.75 Å². The molecule has 2 aromatic rings. The number of quaternary nitrogens is 1. The third-order valence-electron chi connectivity index (χ3n) is 5.49. The number of phenolic OH excluding ortho intramolecular Hbond substituents is 1. The number of benzene rings is 2. The maximum Gasteiger partial charge on any atom is 0.421 e. The quantitative estimate of drug-likeness (QED) is 0.674. The van der Waals surface area contributed by atoms with E-state index in [1.807, 2.05) is 42.5 Å². The second-order valence-corrected chi connectivity index (χ2v) is 6.65. The predicted molar refractivity (Wildman–Crippen MR) is 89.6 cm³/mol. The van der Waals surface area contributed by atoms with Gasteiger partial charge in [-0.25, -0.2) is 9.28 Å². The van der Waals surface area contributed by atoms with Crippen molar-refractivity contribution in [3.05, 3.63) is 60.2 Å². The van der Waals surface area contributed by atoms with Crippen LogP contribution in [0.1, 0.15) is 11.5 Å². The molecule has 122 valence electrons. The summed E-state index contributed by atoms with van der Waals surface area (Å²) in [5.74, 6) is 0.378. The van der Waals surface area contributed by atoms with Crippen LogP contribution in [0.25, 0.3) is 0 Å². The smallest absolute Gasteiger partial charge is 0.421 e. The summed E-state index contributed by atoms with van der Waals surface area (Å²) in [5, 5.41) is 13.1. The van der Waals surface area contributed by atoms with Crippen molar-refractivity contribution >= 4 is 18.0 Å². The van der Waals surface area contributed by atoms with E-state index in [-0.39, 0.29) is 34.1 Å². The average molecular weight is 323 g/mol. The molecule has 2 aromatic carbocycles. The number of fused-ring (bicyclic) bond motifs is 1. The van der Waals surface area contributed by atoms with Crippen molar-refractivity contribution < 1.29 is 19.2 Å². The molecule has 2 bridgehead atoms. The molecule has 3 aliphatic rings. The number of nitrogens with zero attached hydrogens (tertiary/aromatic N) is 1. The topological polar surface area (TPSA) is 66.4 Å². The van der Waals surface area contributed by atoms with E-state index in [2.05, 4.69) is 5.32 Å². The van der Waals surface area contributed by atoms with E-state index < -0.39 is 0 Å². The molecule has 5 rings (SSSR count). The van der Waals surface area contributed by atoms with Gasteiger partial charge in [-0.3, -0.25) is 10.1 Å². The largest absolute Gasteiger partial charge is 0.508 e. The predicted octanol–water partition coefficient (Wildman–Crippen LogP) is 2.74. The number of phenols is 1. The molecule has 0 aliphatic carbocycles. The first-order valence-corrected chi connectivity index (χ1v) is 8.12. The number of aldehydes is 1. The fourth-order valence-electron chi connectivity index (χ4n) is 4.29. The first-order chi connectivity index (χ1) is 11.7. The number of anilines is 1. The summed E-state index contributed by atoms with van der Waals surface area (Å²) in [6.45, 7) is 1.19. The molecule has 2 N–H and O–H groups in total. The Bertz CT molecular complexity index is 792. The number of aromatic hydroxyl groups is 1. The number of amides is 2. The Balaban J connectivity index is 1.61. The van der Waals surface area contributed by atoms with Crippen molar-refractivity contribution in [1.29, 1.82) is 0 Å². The lowest BCUT2D eigenvalue weighted by atomic mass is 9.82. The third-order valence-corrected chi connectivity index (χ3v) is 5.49. The molecular weight excluding hydrogens is 304 g/mol. The second-order valence-electron chi connectivity index (χ2n) is 6.65. The van der Waals surface area contributed by atoms with Gasteiger partial charge in [-0.15, -0.1) is 0 Å². The molecule has 2 unspecified atom stereocenters. The minimum absolute atomic E-state index is 0.0305. The van der Waals surface area contributed by atoms with Crippen LogP contribution in [0.2, 0.25) is 0 Å². The number of hydrogen-bond donors (Lipinski definition) is 2. The number of nitrogens with one attached hydrogen (secondary N) is 1. The first-order valence-electron chi connectivity index (χ1n) is 8.12. The minimum Gasteiger partial charge on any atom is -0.508 e. The van der Waals surface area contributed by atoms with E-state index in [9.17, 15) is 14.7 Å². The maximum atomic E-state index is 12.8. The van der Waals surface area contributed by atoms with Gasteiger partial charge in [0, 0.05) is 11.3 Å². The van der Waals surface area contributed by atoms with Gasteiger partial charge in [0.1, 0.15) is 5.75 Å².